The zero-order chi connectivity index (χ0) is 21.8. The number of fused-ring (bicyclic) bond motifs is 1. The van der Waals surface area contributed by atoms with Crippen molar-refractivity contribution < 1.29 is 9.53 Å². The largest absolute Gasteiger partial charge is 0.488 e. The van der Waals surface area contributed by atoms with Gasteiger partial charge in [-0.05, 0) is 70.7 Å². The van der Waals surface area contributed by atoms with Gasteiger partial charge in [-0.3, -0.25) is 4.79 Å². The molecule has 0 saturated carbocycles. The van der Waals surface area contributed by atoms with E-state index in [0.717, 1.165) is 36.9 Å². The fourth-order valence-corrected chi connectivity index (χ4v) is 4.90. The second-order valence-electron chi connectivity index (χ2n) is 9.42. The summed E-state index contributed by atoms with van der Waals surface area (Å²) in [6, 6.07) is 17.2. The Kier molecular flexibility index (Phi) is 6.96. The van der Waals surface area contributed by atoms with Crippen molar-refractivity contribution in [3.8, 4) is 5.75 Å². The van der Waals surface area contributed by atoms with Crippen molar-refractivity contribution in [2.24, 2.45) is 5.92 Å². The molecule has 2 aromatic carbocycles. The number of benzene rings is 2. The van der Waals surface area contributed by atoms with E-state index in [9.17, 15) is 4.79 Å². The number of aryl methyl sites for hydroxylation is 1. The van der Waals surface area contributed by atoms with Crippen molar-refractivity contribution in [2.45, 2.75) is 65.1 Å². The molecule has 2 aliphatic heterocycles. The molecule has 4 rings (SSSR count). The number of hydrogen-bond acceptors (Lipinski definition) is 3. The summed E-state index contributed by atoms with van der Waals surface area (Å²) in [6.07, 6.45) is 4.19. The third-order valence-electron chi connectivity index (χ3n) is 7.08. The van der Waals surface area contributed by atoms with Gasteiger partial charge in [0.15, 0.2) is 0 Å². The summed E-state index contributed by atoms with van der Waals surface area (Å²) in [6.45, 7) is 9.96. The van der Waals surface area contributed by atoms with Crippen LogP contribution < -0.4 is 4.74 Å². The van der Waals surface area contributed by atoms with Gasteiger partial charge in [0.1, 0.15) is 11.9 Å². The van der Waals surface area contributed by atoms with E-state index in [-0.39, 0.29) is 18.1 Å². The van der Waals surface area contributed by atoms with Gasteiger partial charge in [-0.2, -0.15) is 0 Å². The Hall–Kier alpha value is -2.33. The highest BCUT2D eigenvalue weighted by molar-refractivity contribution is 5.77. The molecule has 4 heteroatoms. The summed E-state index contributed by atoms with van der Waals surface area (Å²) >= 11 is 0. The van der Waals surface area contributed by atoms with Crippen molar-refractivity contribution in [3.05, 3.63) is 65.2 Å². The quantitative estimate of drug-likeness (QED) is 0.694. The lowest BCUT2D eigenvalue weighted by Crippen LogP contribution is -2.45. The molecule has 2 heterocycles. The molecule has 0 unspecified atom stereocenters. The maximum absolute atomic E-state index is 13.2. The first-order valence-electron chi connectivity index (χ1n) is 11.8. The molecule has 0 bridgehead atoms. The molecule has 0 spiro atoms. The minimum atomic E-state index is -0.0124. The number of nitrogens with zero attached hydrogens (tertiary/aromatic N) is 2. The molecule has 1 amide bonds. The molecule has 0 radical (unpaired) electrons. The molecule has 31 heavy (non-hydrogen) atoms. The van der Waals surface area contributed by atoms with Crippen LogP contribution in [0.5, 0.6) is 5.75 Å². The molecule has 2 aliphatic rings. The minimum Gasteiger partial charge on any atom is -0.488 e. The number of rotatable bonds is 5. The predicted molar refractivity (Wildman–Crippen MR) is 125 cm³/mol. The van der Waals surface area contributed by atoms with Crippen molar-refractivity contribution in [1.29, 1.82) is 0 Å². The normalized spacial score (nSPS) is 22.5. The van der Waals surface area contributed by atoms with E-state index in [1.807, 2.05) is 11.0 Å². The third-order valence-corrected chi connectivity index (χ3v) is 7.08. The Morgan fingerprint density at radius 1 is 1.06 bits per heavy atom. The lowest BCUT2D eigenvalue weighted by molar-refractivity contribution is -0.135. The third kappa shape index (κ3) is 5.48. The molecule has 0 aromatic heterocycles. The van der Waals surface area contributed by atoms with Crippen LogP contribution in [0.2, 0.25) is 0 Å². The maximum atomic E-state index is 13.2. The highest BCUT2D eigenvalue weighted by Crippen LogP contribution is 2.29. The van der Waals surface area contributed by atoms with E-state index in [1.54, 1.807) is 0 Å². The molecular formula is C27H36N2O2. The van der Waals surface area contributed by atoms with Gasteiger partial charge in [0.25, 0.3) is 0 Å². The number of carbonyl (C=O) groups excluding carboxylic acids is 1. The molecule has 1 fully saturated rings. The van der Waals surface area contributed by atoms with Crippen LogP contribution in [0.15, 0.2) is 48.5 Å². The van der Waals surface area contributed by atoms with E-state index in [4.69, 9.17) is 4.74 Å². The second kappa shape index (κ2) is 9.86. The Bertz CT molecular complexity index is 874. The number of amides is 1. The van der Waals surface area contributed by atoms with E-state index in [2.05, 4.69) is 68.1 Å². The van der Waals surface area contributed by atoms with Crippen LogP contribution >= 0.6 is 0 Å². The van der Waals surface area contributed by atoms with Crippen molar-refractivity contribution in [2.75, 3.05) is 19.6 Å². The van der Waals surface area contributed by atoms with Gasteiger partial charge in [-0.25, -0.2) is 0 Å². The fraction of sp³-hybridized carbons (Fsp3) is 0.519. The van der Waals surface area contributed by atoms with Crippen LogP contribution in [0.3, 0.4) is 0 Å². The van der Waals surface area contributed by atoms with Crippen LogP contribution in [0.4, 0.5) is 0 Å². The summed E-state index contributed by atoms with van der Waals surface area (Å²) in [4.78, 5) is 17.7. The number of hydrogen-bond donors (Lipinski definition) is 0. The maximum Gasteiger partial charge on any atom is 0.224 e. The van der Waals surface area contributed by atoms with Gasteiger partial charge in [0, 0.05) is 25.1 Å². The summed E-state index contributed by atoms with van der Waals surface area (Å²) in [5.41, 5.74) is 3.76. The minimum absolute atomic E-state index is 0.0124. The molecule has 2 atom stereocenters. The predicted octanol–water partition coefficient (Wildman–Crippen LogP) is 4.84. The molecule has 2 aromatic rings. The molecule has 0 N–H and O–H groups in total. The van der Waals surface area contributed by atoms with Gasteiger partial charge >= 0.3 is 0 Å². The van der Waals surface area contributed by atoms with Crippen molar-refractivity contribution in [1.82, 2.24) is 9.80 Å². The van der Waals surface area contributed by atoms with Crippen molar-refractivity contribution >= 4 is 5.91 Å². The summed E-state index contributed by atoms with van der Waals surface area (Å²) in [7, 11) is 0. The Morgan fingerprint density at radius 3 is 2.55 bits per heavy atom. The summed E-state index contributed by atoms with van der Waals surface area (Å²) in [5, 5.41) is 0. The highest BCUT2D eigenvalue weighted by Gasteiger charge is 2.31. The standard InChI is InChI=1S/C27H36N2O2/c1-20-9-10-26-25(17-20)19-29(21(2)22(3)31-26)27(30)13-16-28-14-11-24(12-15-28)18-23-7-5-4-6-8-23/h4-10,17,21-22,24H,11-16,18-19H2,1-3H3/t21-,22-/m1/s1. The molecule has 1 saturated heterocycles. The van der Waals surface area contributed by atoms with Crippen LogP contribution in [-0.2, 0) is 17.8 Å². The number of ether oxygens (including phenoxy) is 1. The number of carbonyl (C=O) groups is 1. The zero-order valence-electron chi connectivity index (χ0n) is 19.2. The van der Waals surface area contributed by atoms with E-state index < -0.39 is 0 Å². The first kappa shape index (κ1) is 21.9. The Labute approximate surface area is 187 Å². The van der Waals surface area contributed by atoms with Crippen LogP contribution in [0.25, 0.3) is 0 Å². The van der Waals surface area contributed by atoms with Gasteiger partial charge in [-0.15, -0.1) is 0 Å². The van der Waals surface area contributed by atoms with Crippen LogP contribution in [0, 0.1) is 12.8 Å². The monoisotopic (exact) mass is 420 g/mol. The van der Waals surface area contributed by atoms with Gasteiger partial charge in [-0.1, -0.05) is 48.0 Å². The average molecular weight is 421 g/mol. The lowest BCUT2D eigenvalue weighted by atomic mass is 9.90. The van der Waals surface area contributed by atoms with Gasteiger partial charge < -0.3 is 14.5 Å². The number of piperidine rings is 1. The molecule has 166 valence electrons. The van der Waals surface area contributed by atoms with Crippen molar-refractivity contribution in [3.63, 3.8) is 0 Å². The second-order valence-corrected chi connectivity index (χ2v) is 9.42. The summed E-state index contributed by atoms with van der Waals surface area (Å²) in [5.74, 6) is 1.92. The first-order chi connectivity index (χ1) is 15.0. The molecular weight excluding hydrogens is 384 g/mol. The highest BCUT2D eigenvalue weighted by atomic mass is 16.5. The zero-order valence-corrected chi connectivity index (χ0v) is 19.2. The Morgan fingerprint density at radius 2 is 1.81 bits per heavy atom. The molecule has 0 aliphatic carbocycles. The fourth-order valence-electron chi connectivity index (χ4n) is 4.90. The Balaban J connectivity index is 1.29. The van der Waals surface area contributed by atoms with Crippen LogP contribution in [-0.4, -0.2) is 47.5 Å². The average Bonchev–Trinajstić information content (AvgIpc) is 2.90. The van der Waals surface area contributed by atoms with E-state index in [1.165, 1.54) is 30.4 Å². The smallest absolute Gasteiger partial charge is 0.224 e. The van der Waals surface area contributed by atoms with E-state index in [0.29, 0.717) is 13.0 Å². The lowest BCUT2D eigenvalue weighted by Gasteiger charge is -2.34. The summed E-state index contributed by atoms with van der Waals surface area (Å²) < 4.78 is 6.16. The number of likely N-dealkylation sites (tertiary alicyclic amines) is 1. The topological polar surface area (TPSA) is 32.8 Å². The SMILES string of the molecule is Cc1ccc2c(c1)CN(C(=O)CCN1CCC(Cc3ccccc3)CC1)[C@H](C)[C@@H](C)O2. The van der Waals surface area contributed by atoms with Crippen LogP contribution in [0.1, 0.15) is 49.8 Å². The van der Waals surface area contributed by atoms with E-state index >= 15 is 0 Å². The van der Waals surface area contributed by atoms with Gasteiger partial charge in [0.05, 0.1) is 6.04 Å². The molecule has 4 nitrogen and oxygen atoms in total. The van der Waals surface area contributed by atoms with Gasteiger partial charge in [0.2, 0.25) is 5.91 Å². The first-order valence-corrected chi connectivity index (χ1v) is 11.8.